The van der Waals surface area contributed by atoms with E-state index in [-0.39, 0.29) is 23.4 Å². The van der Waals surface area contributed by atoms with Crippen LogP contribution in [-0.2, 0) is 0 Å². The summed E-state index contributed by atoms with van der Waals surface area (Å²) in [5.74, 6) is 0.483. The first-order valence-electron chi connectivity index (χ1n) is 9.07. The van der Waals surface area contributed by atoms with E-state index in [2.05, 4.69) is 25.4 Å². The molecule has 0 radical (unpaired) electrons. The summed E-state index contributed by atoms with van der Waals surface area (Å²) >= 11 is 0. The summed E-state index contributed by atoms with van der Waals surface area (Å²) in [5, 5.41) is 27.5. The number of benzene rings is 1. The highest BCUT2D eigenvalue weighted by atomic mass is 16.3. The third-order valence-corrected chi connectivity index (χ3v) is 4.52. The molecule has 0 atom stereocenters. The highest BCUT2D eigenvalue weighted by molar-refractivity contribution is 5.61. The lowest BCUT2D eigenvalue weighted by atomic mass is 10.3. The standard InChI is InChI=1S/C19H17N7O3/c27-13-5-3-11(4-6-13)21-15-8-16(22-12-1-2-12)26-17(24-15)10(9-20-26)7-14-18(28)25-19(29)23-14/h3-9,12,21,27-28H,1-2H2,(H2,23,25,29)/b10-7-,22-16?. The number of imidazole rings is 1. The summed E-state index contributed by atoms with van der Waals surface area (Å²) in [4.78, 5) is 25.5. The Kier molecular flexibility index (Phi) is 3.83. The quantitative estimate of drug-likeness (QED) is 0.321. The maximum atomic E-state index is 11.4. The van der Waals surface area contributed by atoms with Crippen LogP contribution in [0.4, 0.5) is 11.5 Å². The molecular weight excluding hydrogens is 374 g/mol. The van der Waals surface area contributed by atoms with E-state index in [9.17, 15) is 15.0 Å². The fourth-order valence-electron chi connectivity index (χ4n) is 2.95. The Labute approximate surface area is 162 Å². The second kappa shape index (κ2) is 6.51. The number of aromatic amines is 2. The van der Waals surface area contributed by atoms with Crippen LogP contribution in [0.3, 0.4) is 0 Å². The van der Waals surface area contributed by atoms with Crippen LogP contribution in [0.2, 0.25) is 0 Å². The number of hydrogen-bond donors (Lipinski definition) is 5. The molecule has 1 aliphatic rings. The third-order valence-electron chi connectivity index (χ3n) is 4.52. The van der Waals surface area contributed by atoms with Crippen LogP contribution < -0.4 is 21.7 Å². The lowest BCUT2D eigenvalue weighted by Gasteiger charge is -2.06. The number of phenolic OH excluding ortho intramolecular Hbond substituents is 1. The number of nitrogens with one attached hydrogen (secondary N) is 3. The Morgan fingerprint density at radius 3 is 2.69 bits per heavy atom. The predicted octanol–water partition coefficient (Wildman–Crippen LogP) is 0.511. The maximum absolute atomic E-state index is 11.4. The molecule has 10 heteroatoms. The minimum atomic E-state index is -0.503. The minimum Gasteiger partial charge on any atom is -0.508 e. The topological polar surface area (TPSA) is 144 Å². The van der Waals surface area contributed by atoms with Crippen LogP contribution in [0.5, 0.6) is 11.6 Å². The second-order valence-electron chi connectivity index (χ2n) is 6.85. The molecule has 10 nitrogen and oxygen atoms in total. The van der Waals surface area contributed by atoms with Gasteiger partial charge < -0.3 is 20.5 Å². The number of anilines is 2. The van der Waals surface area contributed by atoms with Crippen molar-refractivity contribution >= 4 is 23.2 Å². The summed E-state index contributed by atoms with van der Waals surface area (Å²) < 4.78 is 1.63. The van der Waals surface area contributed by atoms with Crippen molar-refractivity contribution in [1.82, 2.24) is 24.6 Å². The molecule has 29 heavy (non-hydrogen) atoms. The van der Waals surface area contributed by atoms with Gasteiger partial charge in [-0.2, -0.15) is 9.61 Å². The van der Waals surface area contributed by atoms with Crippen molar-refractivity contribution in [3.8, 4) is 11.6 Å². The summed E-state index contributed by atoms with van der Waals surface area (Å²) in [7, 11) is 0. The van der Waals surface area contributed by atoms with Gasteiger partial charge in [-0.15, -0.1) is 0 Å². The molecule has 0 bridgehead atoms. The molecular formula is C19H17N7O3. The molecule has 3 heterocycles. The van der Waals surface area contributed by atoms with Crippen molar-refractivity contribution in [3.63, 3.8) is 0 Å². The van der Waals surface area contributed by atoms with Gasteiger partial charge in [0, 0.05) is 17.0 Å². The van der Waals surface area contributed by atoms with Crippen LogP contribution in [0, 0.1) is 0 Å². The summed E-state index contributed by atoms with van der Waals surface area (Å²) in [5.41, 5.74) is 1.68. The van der Waals surface area contributed by atoms with Gasteiger partial charge in [0.2, 0.25) is 5.88 Å². The Bertz CT molecular complexity index is 1380. The van der Waals surface area contributed by atoms with Gasteiger partial charge in [0.25, 0.3) is 0 Å². The zero-order chi connectivity index (χ0) is 20.0. The lowest BCUT2D eigenvalue weighted by molar-refractivity contribution is 0.454. The van der Waals surface area contributed by atoms with Crippen LogP contribution in [0.1, 0.15) is 18.5 Å². The van der Waals surface area contributed by atoms with Gasteiger partial charge in [-0.1, -0.05) is 0 Å². The lowest BCUT2D eigenvalue weighted by Crippen LogP contribution is -2.19. The van der Waals surface area contributed by atoms with Crippen LogP contribution >= 0.6 is 0 Å². The first kappa shape index (κ1) is 17.0. The molecule has 1 aliphatic carbocycles. The number of nitrogens with zero attached hydrogens (tertiary/aromatic N) is 4. The van der Waals surface area contributed by atoms with Gasteiger partial charge >= 0.3 is 5.69 Å². The monoisotopic (exact) mass is 391 g/mol. The highest BCUT2D eigenvalue weighted by Crippen LogP contribution is 2.23. The van der Waals surface area contributed by atoms with E-state index < -0.39 is 5.69 Å². The van der Waals surface area contributed by atoms with Crippen molar-refractivity contribution in [1.29, 1.82) is 0 Å². The first-order valence-corrected chi connectivity index (χ1v) is 9.07. The van der Waals surface area contributed by atoms with E-state index >= 15 is 0 Å². The Hall–Kier alpha value is -4.08. The number of rotatable bonds is 4. The van der Waals surface area contributed by atoms with Crippen molar-refractivity contribution in [2.24, 2.45) is 4.99 Å². The molecule has 1 aromatic carbocycles. The van der Waals surface area contributed by atoms with Gasteiger partial charge in [-0.3, -0.25) is 9.98 Å². The Morgan fingerprint density at radius 2 is 2.00 bits per heavy atom. The van der Waals surface area contributed by atoms with Crippen LogP contribution in [-0.4, -0.2) is 40.8 Å². The summed E-state index contributed by atoms with van der Waals surface area (Å²) in [6, 6.07) is 8.74. The van der Waals surface area contributed by atoms with Crippen molar-refractivity contribution < 1.29 is 10.2 Å². The molecule has 5 N–H and O–H groups in total. The van der Waals surface area contributed by atoms with Crippen LogP contribution in [0.15, 0.2) is 46.3 Å². The van der Waals surface area contributed by atoms with Gasteiger partial charge in [-0.25, -0.2) is 9.78 Å². The number of hydrogen-bond acceptors (Lipinski definition) is 7. The molecule has 4 aromatic rings. The van der Waals surface area contributed by atoms with E-state index in [0.717, 1.165) is 18.5 Å². The van der Waals surface area contributed by atoms with Crippen LogP contribution in [0.25, 0.3) is 11.7 Å². The molecule has 5 rings (SSSR count). The van der Waals surface area contributed by atoms with E-state index in [1.54, 1.807) is 41.1 Å². The first-order chi connectivity index (χ1) is 14.0. The maximum Gasteiger partial charge on any atom is 0.326 e. The molecule has 1 saturated carbocycles. The Balaban J connectivity index is 1.67. The van der Waals surface area contributed by atoms with Gasteiger partial charge in [0.1, 0.15) is 17.3 Å². The zero-order valence-corrected chi connectivity index (χ0v) is 15.1. The molecule has 0 amide bonds. The normalized spacial score (nSPS) is 15.3. The minimum absolute atomic E-state index is 0.177. The number of fused-ring (bicyclic) bond motifs is 1. The molecule has 0 spiro atoms. The number of H-pyrrole nitrogens is 2. The molecule has 1 fully saturated rings. The average Bonchev–Trinajstić information content (AvgIpc) is 3.33. The highest BCUT2D eigenvalue weighted by Gasteiger charge is 2.20. The SMILES string of the molecule is O=c1[nH]c(O)c(/C=c2/cnn3c(=NC4CC4)cc(Nc4ccc(O)cc4)nc23)[nH]1. The second-order valence-corrected chi connectivity index (χ2v) is 6.85. The van der Waals surface area contributed by atoms with E-state index in [4.69, 9.17) is 4.99 Å². The molecule has 0 aliphatic heterocycles. The van der Waals surface area contributed by atoms with E-state index in [0.29, 0.717) is 22.2 Å². The van der Waals surface area contributed by atoms with E-state index in [1.165, 1.54) is 0 Å². The zero-order valence-electron chi connectivity index (χ0n) is 15.1. The molecule has 0 saturated heterocycles. The molecule has 0 unspecified atom stereocenters. The van der Waals surface area contributed by atoms with Gasteiger partial charge in [-0.05, 0) is 43.2 Å². The van der Waals surface area contributed by atoms with E-state index in [1.807, 2.05) is 6.07 Å². The Morgan fingerprint density at radius 1 is 1.21 bits per heavy atom. The fraction of sp³-hybridized carbons (Fsp3) is 0.158. The number of aromatic nitrogens is 5. The molecule has 3 aromatic heterocycles. The fourth-order valence-corrected chi connectivity index (χ4v) is 2.95. The van der Waals surface area contributed by atoms with Gasteiger partial charge in [0.05, 0.1) is 12.2 Å². The van der Waals surface area contributed by atoms with Crippen molar-refractivity contribution in [2.75, 3.05) is 5.32 Å². The summed E-state index contributed by atoms with van der Waals surface area (Å²) in [6.45, 7) is 0. The third kappa shape index (κ3) is 3.43. The molecule has 146 valence electrons. The number of aromatic hydroxyl groups is 2. The summed E-state index contributed by atoms with van der Waals surface area (Å²) in [6.07, 6.45) is 5.28. The average molecular weight is 391 g/mol. The number of phenols is 1. The smallest absolute Gasteiger partial charge is 0.326 e. The van der Waals surface area contributed by atoms with Crippen molar-refractivity contribution in [2.45, 2.75) is 18.9 Å². The van der Waals surface area contributed by atoms with Gasteiger partial charge in [0.15, 0.2) is 11.1 Å². The predicted molar refractivity (Wildman–Crippen MR) is 105 cm³/mol. The largest absolute Gasteiger partial charge is 0.508 e. The van der Waals surface area contributed by atoms with Crippen molar-refractivity contribution in [3.05, 3.63) is 63.4 Å².